The molecule has 0 radical (unpaired) electrons. The molecule has 1 N–H and O–H groups in total. The molecule has 4 fully saturated rings. The van der Waals surface area contributed by atoms with Crippen molar-refractivity contribution in [1.82, 2.24) is 0 Å². The van der Waals surface area contributed by atoms with Gasteiger partial charge in [0.15, 0.2) is 0 Å². The zero-order valence-corrected chi connectivity index (χ0v) is 15.1. The van der Waals surface area contributed by atoms with Crippen LogP contribution in [-0.2, 0) is 0 Å². The molecule has 9 unspecified atom stereocenters. The number of rotatable bonds is 0. The highest BCUT2D eigenvalue weighted by Gasteiger charge is 2.61. The van der Waals surface area contributed by atoms with E-state index in [-0.39, 0.29) is 11.5 Å². The molecule has 0 bridgehead atoms. The van der Waals surface area contributed by atoms with Gasteiger partial charge < -0.3 is 5.11 Å². The molecule has 0 aromatic heterocycles. The zero-order valence-electron chi connectivity index (χ0n) is 15.1. The third-order valence-electron chi connectivity index (χ3n) is 9.24. The van der Waals surface area contributed by atoms with Gasteiger partial charge in [-0.25, -0.2) is 0 Å². The lowest BCUT2D eigenvalue weighted by molar-refractivity contribution is -0.146. The minimum absolute atomic E-state index is 0.0254. The number of hydrogen-bond donors (Lipinski definition) is 1. The van der Waals surface area contributed by atoms with Crippen molar-refractivity contribution in [2.75, 3.05) is 0 Å². The predicted octanol–water partition coefficient (Wildman–Crippen LogP) is 5.27. The van der Waals surface area contributed by atoms with Gasteiger partial charge in [0.1, 0.15) is 0 Å². The van der Waals surface area contributed by atoms with E-state index in [9.17, 15) is 5.11 Å². The average Bonchev–Trinajstić information content (AvgIpc) is 2.77. The SMILES string of the molecule is CC1CCC2(C)C(C1)CC(C)C1C3CCC(O)C3(C)CCC12. The summed E-state index contributed by atoms with van der Waals surface area (Å²) in [5.74, 6) is 5.44. The van der Waals surface area contributed by atoms with Crippen molar-refractivity contribution in [3.63, 3.8) is 0 Å². The molecule has 4 aliphatic carbocycles. The molecule has 4 aliphatic rings. The fraction of sp³-hybridized carbons (Fsp3) is 1.00. The van der Waals surface area contributed by atoms with Crippen molar-refractivity contribution in [3.8, 4) is 0 Å². The fourth-order valence-electron chi connectivity index (χ4n) is 7.82. The first kappa shape index (κ1) is 15.5. The van der Waals surface area contributed by atoms with Crippen LogP contribution < -0.4 is 0 Å². The van der Waals surface area contributed by atoms with Crippen LogP contribution in [-0.4, -0.2) is 11.2 Å². The monoisotopic (exact) mass is 304 g/mol. The van der Waals surface area contributed by atoms with Crippen molar-refractivity contribution in [1.29, 1.82) is 0 Å². The molecule has 0 heterocycles. The van der Waals surface area contributed by atoms with Gasteiger partial charge in [-0.1, -0.05) is 34.1 Å². The number of aliphatic hydroxyl groups excluding tert-OH is 1. The second-order valence-electron chi connectivity index (χ2n) is 10.2. The summed E-state index contributed by atoms with van der Waals surface area (Å²) >= 11 is 0. The van der Waals surface area contributed by atoms with Gasteiger partial charge in [0.2, 0.25) is 0 Å². The number of aliphatic hydroxyl groups is 1. The molecule has 0 aromatic rings. The molecule has 0 aromatic carbocycles. The summed E-state index contributed by atoms with van der Waals surface area (Å²) in [5.41, 5.74) is 0.846. The van der Waals surface area contributed by atoms with E-state index in [1.165, 1.54) is 44.9 Å². The Kier molecular flexibility index (Phi) is 3.50. The fourth-order valence-corrected chi connectivity index (χ4v) is 7.82. The number of hydrogen-bond acceptors (Lipinski definition) is 1. The van der Waals surface area contributed by atoms with Gasteiger partial charge in [-0.3, -0.25) is 0 Å². The number of fused-ring (bicyclic) bond motifs is 5. The van der Waals surface area contributed by atoms with E-state index < -0.39 is 0 Å². The first-order valence-corrected chi connectivity index (χ1v) is 10.0. The first-order chi connectivity index (χ1) is 10.4. The third kappa shape index (κ3) is 1.93. The van der Waals surface area contributed by atoms with E-state index in [4.69, 9.17) is 0 Å². The summed E-state index contributed by atoms with van der Waals surface area (Å²) in [6, 6.07) is 0. The highest BCUT2D eigenvalue weighted by molar-refractivity contribution is 5.10. The molecular weight excluding hydrogens is 268 g/mol. The summed E-state index contributed by atoms with van der Waals surface area (Å²) in [6.07, 6.45) is 10.9. The van der Waals surface area contributed by atoms with Crippen molar-refractivity contribution in [2.45, 2.75) is 85.2 Å². The molecule has 1 heteroatoms. The van der Waals surface area contributed by atoms with Gasteiger partial charge in [0.25, 0.3) is 0 Å². The largest absolute Gasteiger partial charge is 0.393 e. The van der Waals surface area contributed by atoms with E-state index >= 15 is 0 Å². The minimum Gasteiger partial charge on any atom is -0.393 e. The van der Waals surface area contributed by atoms with Crippen LogP contribution >= 0.6 is 0 Å². The van der Waals surface area contributed by atoms with Crippen molar-refractivity contribution in [3.05, 3.63) is 0 Å². The molecule has 22 heavy (non-hydrogen) atoms. The average molecular weight is 305 g/mol. The van der Waals surface area contributed by atoms with Crippen LogP contribution in [0.25, 0.3) is 0 Å². The summed E-state index contributed by atoms with van der Waals surface area (Å²) in [7, 11) is 0. The maximum Gasteiger partial charge on any atom is 0.0596 e. The highest BCUT2D eigenvalue weighted by Crippen LogP contribution is 2.67. The third-order valence-corrected chi connectivity index (χ3v) is 9.24. The van der Waals surface area contributed by atoms with Crippen molar-refractivity contribution in [2.24, 2.45) is 46.3 Å². The van der Waals surface area contributed by atoms with Crippen LogP contribution in [0.15, 0.2) is 0 Å². The van der Waals surface area contributed by atoms with Crippen molar-refractivity contribution >= 4 is 0 Å². The van der Waals surface area contributed by atoms with Crippen LogP contribution in [0.3, 0.4) is 0 Å². The molecule has 4 saturated carbocycles. The lowest BCUT2D eigenvalue weighted by Crippen LogP contribution is -2.56. The molecule has 0 aliphatic heterocycles. The van der Waals surface area contributed by atoms with Gasteiger partial charge in [-0.05, 0) is 91.3 Å². The Bertz CT molecular complexity index is 445. The van der Waals surface area contributed by atoms with E-state index in [1.54, 1.807) is 0 Å². The zero-order chi connectivity index (χ0) is 15.7. The van der Waals surface area contributed by atoms with Gasteiger partial charge in [0, 0.05) is 0 Å². The Labute approximate surface area is 137 Å². The maximum atomic E-state index is 10.6. The topological polar surface area (TPSA) is 20.2 Å². The molecule has 4 rings (SSSR count). The Morgan fingerprint density at radius 1 is 0.818 bits per heavy atom. The van der Waals surface area contributed by atoms with E-state index in [0.717, 1.165) is 41.9 Å². The van der Waals surface area contributed by atoms with E-state index in [2.05, 4.69) is 27.7 Å². The molecule has 0 spiro atoms. The molecule has 9 atom stereocenters. The highest BCUT2D eigenvalue weighted by atomic mass is 16.3. The summed E-state index contributed by atoms with van der Waals surface area (Å²) in [4.78, 5) is 0. The quantitative estimate of drug-likeness (QED) is 0.646. The standard InChI is InChI=1S/C21H36O/c1-13-7-9-20(3)15(11-13)12-14(2)19-16-5-6-18(22)21(16,4)10-8-17(19)20/h13-19,22H,5-12H2,1-4H3. The summed E-state index contributed by atoms with van der Waals surface area (Å²) in [6.45, 7) is 10.1. The first-order valence-electron chi connectivity index (χ1n) is 10.0. The lowest BCUT2D eigenvalue weighted by Gasteiger charge is -2.62. The summed E-state index contributed by atoms with van der Waals surface area (Å²) in [5, 5.41) is 10.6. The van der Waals surface area contributed by atoms with Crippen molar-refractivity contribution < 1.29 is 5.11 Å². The Balaban J connectivity index is 1.67. The molecule has 0 amide bonds. The van der Waals surface area contributed by atoms with E-state index in [1.807, 2.05) is 0 Å². The molecule has 1 nitrogen and oxygen atoms in total. The van der Waals surface area contributed by atoms with E-state index in [0.29, 0.717) is 5.41 Å². The Hall–Kier alpha value is -0.0400. The van der Waals surface area contributed by atoms with Gasteiger partial charge in [-0.15, -0.1) is 0 Å². The smallest absolute Gasteiger partial charge is 0.0596 e. The van der Waals surface area contributed by atoms with Crippen LogP contribution in [0.2, 0.25) is 0 Å². The molecule has 126 valence electrons. The predicted molar refractivity (Wildman–Crippen MR) is 91.4 cm³/mol. The van der Waals surface area contributed by atoms with Crippen LogP contribution in [0, 0.1) is 46.3 Å². The minimum atomic E-state index is -0.0254. The van der Waals surface area contributed by atoms with Gasteiger partial charge in [-0.2, -0.15) is 0 Å². The van der Waals surface area contributed by atoms with Crippen LogP contribution in [0.4, 0.5) is 0 Å². The van der Waals surface area contributed by atoms with Crippen LogP contribution in [0.5, 0.6) is 0 Å². The van der Waals surface area contributed by atoms with Gasteiger partial charge >= 0.3 is 0 Å². The molecule has 0 saturated heterocycles. The maximum absolute atomic E-state index is 10.6. The Morgan fingerprint density at radius 2 is 1.50 bits per heavy atom. The van der Waals surface area contributed by atoms with Gasteiger partial charge in [0.05, 0.1) is 6.10 Å². The lowest BCUT2D eigenvalue weighted by atomic mass is 9.42. The second kappa shape index (κ2) is 4.98. The Morgan fingerprint density at radius 3 is 2.27 bits per heavy atom. The molecular formula is C21H36O. The van der Waals surface area contributed by atoms with Crippen LogP contribution in [0.1, 0.15) is 79.1 Å². The normalized spacial score (nSPS) is 61.2. The summed E-state index contributed by atoms with van der Waals surface area (Å²) < 4.78 is 0. The second-order valence-corrected chi connectivity index (χ2v) is 10.2.